The molecule has 0 amide bonds. The minimum atomic E-state index is -4.40. The van der Waals surface area contributed by atoms with E-state index in [1.807, 2.05) is 0 Å². The first-order chi connectivity index (χ1) is 10.9. The van der Waals surface area contributed by atoms with E-state index in [-0.39, 0.29) is 6.42 Å². The van der Waals surface area contributed by atoms with E-state index in [9.17, 15) is 18.0 Å². The Bertz CT molecular complexity index is 867. The molecule has 0 unspecified atom stereocenters. The molecule has 1 N–H and O–H groups in total. The number of alkyl halides is 3. The van der Waals surface area contributed by atoms with Crippen LogP contribution in [0.3, 0.4) is 0 Å². The summed E-state index contributed by atoms with van der Waals surface area (Å²) in [6.07, 6.45) is -3.00. The second kappa shape index (κ2) is 5.42. The lowest BCUT2D eigenvalue weighted by Gasteiger charge is -2.06. The standard InChI is InChI=1S/C16H11F3N2O2/c17-16(18,19)11-6-4-10(5-7-11)15-12-3-1-2-8-21(12)13(20-15)9-14(22)23/h1-8H,9H2,(H,22,23). The number of aliphatic carboxylic acids is 1. The number of nitrogens with zero attached hydrogens (tertiary/aromatic N) is 2. The fraction of sp³-hybridized carbons (Fsp3) is 0.125. The Kier molecular flexibility index (Phi) is 3.55. The predicted octanol–water partition coefficient (Wildman–Crippen LogP) is 3.65. The van der Waals surface area contributed by atoms with Crippen molar-refractivity contribution in [1.29, 1.82) is 0 Å². The van der Waals surface area contributed by atoms with Crippen LogP contribution in [0.5, 0.6) is 0 Å². The topological polar surface area (TPSA) is 54.6 Å². The highest BCUT2D eigenvalue weighted by atomic mass is 19.4. The molecule has 0 spiro atoms. The van der Waals surface area contributed by atoms with Crippen LogP contribution in [0.25, 0.3) is 16.8 Å². The molecule has 0 radical (unpaired) electrons. The Morgan fingerprint density at radius 1 is 1.13 bits per heavy atom. The number of pyridine rings is 1. The number of carboxylic acids is 1. The van der Waals surface area contributed by atoms with Gasteiger partial charge < -0.3 is 9.51 Å². The molecular formula is C16H11F3N2O2. The second-order valence-corrected chi connectivity index (χ2v) is 4.98. The van der Waals surface area contributed by atoms with Crippen molar-refractivity contribution in [3.8, 4) is 11.3 Å². The minimum absolute atomic E-state index is 0.272. The predicted molar refractivity (Wildman–Crippen MR) is 77.0 cm³/mol. The van der Waals surface area contributed by atoms with Crippen LogP contribution < -0.4 is 0 Å². The van der Waals surface area contributed by atoms with Gasteiger partial charge in [-0.15, -0.1) is 0 Å². The SMILES string of the molecule is O=C(O)Cc1nc(-c2ccc(C(F)(F)F)cc2)c2ccccn12. The van der Waals surface area contributed by atoms with E-state index in [0.717, 1.165) is 12.1 Å². The molecule has 0 saturated heterocycles. The van der Waals surface area contributed by atoms with Crippen molar-refractivity contribution < 1.29 is 23.1 Å². The Balaban J connectivity index is 2.11. The molecule has 0 bridgehead atoms. The number of imidazole rings is 1. The number of fused-ring (bicyclic) bond motifs is 1. The van der Waals surface area contributed by atoms with Gasteiger partial charge in [-0.25, -0.2) is 4.98 Å². The van der Waals surface area contributed by atoms with Crippen molar-refractivity contribution in [3.63, 3.8) is 0 Å². The molecule has 23 heavy (non-hydrogen) atoms. The Morgan fingerprint density at radius 2 is 1.83 bits per heavy atom. The van der Waals surface area contributed by atoms with Crippen LogP contribution in [0.1, 0.15) is 11.4 Å². The molecule has 0 saturated carbocycles. The fourth-order valence-electron chi connectivity index (χ4n) is 2.39. The van der Waals surface area contributed by atoms with E-state index in [1.165, 1.54) is 12.1 Å². The van der Waals surface area contributed by atoms with Crippen LogP contribution in [0.4, 0.5) is 13.2 Å². The molecule has 118 valence electrons. The zero-order valence-corrected chi connectivity index (χ0v) is 11.7. The summed E-state index contributed by atoms with van der Waals surface area (Å²) in [5, 5.41) is 8.95. The number of benzene rings is 1. The molecule has 0 aliphatic heterocycles. The maximum Gasteiger partial charge on any atom is 0.416 e. The third kappa shape index (κ3) is 2.90. The molecule has 3 rings (SSSR count). The summed E-state index contributed by atoms with van der Waals surface area (Å²) < 4.78 is 39.5. The molecule has 1 aromatic carbocycles. The van der Waals surface area contributed by atoms with E-state index in [2.05, 4.69) is 4.98 Å². The van der Waals surface area contributed by atoms with Gasteiger partial charge in [-0.2, -0.15) is 13.2 Å². The molecule has 0 aliphatic carbocycles. The van der Waals surface area contributed by atoms with Gasteiger partial charge in [0.25, 0.3) is 0 Å². The summed E-state index contributed by atoms with van der Waals surface area (Å²) in [6, 6.07) is 9.88. The van der Waals surface area contributed by atoms with Crippen LogP contribution in [0.15, 0.2) is 48.7 Å². The van der Waals surface area contributed by atoms with Crippen LogP contribution in [-0.4, -0.2) is 20.5 Å². The lowest BCUT2D eigenvalue weighted by Crippen LogP contribution is -2.04. The largest absolute Gasteiger partial charge is 0.481 e. The van der Waals surface area contributed by atoms with Crippen molar-refractivity contribution in [3.05, 3.63) is 60.0 Å². The number of halogens is 3. The number of hydrogen-bond donors (Lipinski definition) is 1. The monoisotopic (exact) mass is 320 g/mol. The van der Waals surface area contributed by atoms with Gasteiger partial charge in [0.15, 0.2) is 0 Å². The molecular weight excluding hydrogens is 309 g/mol. The Labute approximate surface area is 128 Å². The van der Waals surface area contributed by atoms with Crippen molar-refractivity contribution >= 4 is 11.5 Å². The lowest BCUT2D eigenvalue weighted by molar-refractivity contribution is -0.138. The van der Waals surface area contributed by atoms with Crippen LogP contribution in [0.2, 0.25) is 0 Å². The van der Waals surface area contributed by atoms with Gasteiger partial charge in [-0.1, -0.05) is 18.2 Å². The van der Waals surface area contributed by atoms with Crippen molar-refractivity contribution in [2.75, 3.05) is 0 Å². The summed E-state index contributed by atoms with van der Waals surface area (Å²) in [6.45, 7) is 0. The number of aromatic nitrogens is 2. The summed E-state index contributed by atoms with van der Waals surface area (Å²) in [7, 11) is 0. The average molecular weight is 320 g/mol. The van der Waals surface area contributed by atoms with Gasteiger partial charge in [-0.05, 0) is 24.3 Å². The zero-order chi connectivity index (χ0) is 16.6. The van der Waals surface area contributed by atoms with Gasteiger partial charge in [0.05, 0.1) is 16.8 Å². The van der Waals surface area contributed by atoms with Crippen LogP contribution >= 0.6 is 0 Å². The van der Waals surface area contributed by atoms with Crippen molar-refractivity contribution in [1.82, 2.24) is 9.38 Å². The third-order valence-corrected chi connectivity index (χ3v) is 3.42. The van der Waals surface area contributed by atoms with Gasteiger partial charge in [0, 0.05) is 11.8 Å². The first-order valence-electron chi connectivity index (χ1n) is 6.71. The average Bonchev–Trinajstić information content (AvgIpc) is 2.85. The van der Waals surface area contributed by atoms with Gasteiger partial charge in [0.2, 0.25) is 0 Å². The van der Waals surface area contributed by atoms with E-state index in [1.54, 1.807) is 28.8 Å². The first-order valence-corrected chi connectivity index (χ1v) is 6.71. The lowest BCUT2D eigenvalue weighted by atomic mass is 10.1. The highest BCUT2D eigenvalue weighted by Gasteiger charge is 2.30. The van der Waals surface area contributed by atoms with Crippen molar-refractivity contribution in [2.24, 2.45) is 0 Å². The van der Waals surface area contributed by atoms with Crippen LogP contribution in [-0.2, 0) is 17.4 Å². The number of carboxylic acid groups (broad SMARTS) is 1. The Morgan fingerprint density at radius 3 is 2.43 bits per heavy atom. The zero-order valence-electron chi connectivity index (χ0n) is 11.7. The van der Waals surface area contributed by atoms with Gasteiger partial charge >= 0.3 is 12.1 Å². The molecule has 4 nitrogen and oxygen atoms in total. The van der Waals surface area contributed by atoms with Gasteiger partial charge in [-0.3, -0.25) is 4.79 Å². The molecule has 0 atom stereocenters. The number of carbonyl (C=O) groups is 1. The smallest absolute Gasteiger partial charge is 0.416 e. The third-order valence-electron chi connectivity index (χ3n) is 3.42. The maximum atomic E-state index is 12.6. The molecule has 0 aliphatic rings. The highest BCUT2D eigenvalue weighted by Crippen LogP contribution is 2.32. The summed E-state index contributed by atoms with van der Waals surface area (Å²) in [5.41, 5.74) is 0.855. The van der Waals surface area contributed by atoms with E-state index < -0.39 is 17.7 Å². The summed E-state index contributed by atoms with van der Waals surface area (Å²) in [4.78, 5) is 15.2. The molecule has 2 aromatic heterocycles. The maximum absolute atomic E-state index is 12.6. The fourth-order valence-corrected chi connectivity index (χ4v) is 2.39. The number of rotatable bonds is 3. The van der Waals surface area contributed by atoms with Crippen LogP contribution in [0, 0.1) is 0 Å². The number of hydrogen-bond acceptors (Lipinski definition) is 2. The molecule has 7 heteroatoms. The summed E-state index contributed by atoms with van der Waals surface area (Å²) >= 11 is 0. The molecule has 2 heterocycles. The van der Waals surface area contributed by atoms with Gasteiger partial charge in [0.1, 0.15) is 12.2 Å². The van der Waals surface area contributed by atoms with E-state index in [4.69, 9.17) is 5.11 Å². The normalized spacial score (nSPS) is 11.8. The molecule has 0 fully saturated rings. The quantitative estimate of drug-likeness (QED) is 0.801. The highest BCUT2D eigenvalue weighted by molar-refractivity contribution is 5.79. The Hall–Kier alpha value is -2.83. The van der Waals surface area contributed by atoms with E-state index >= 15 is 0 Å². The second-order valence-electron chi connectivity index (χ2n) is 4.98. The summed E-state index contributed by atoms with van der Waals surface area (Å²) in [5.74, 6) is -0.706. The first kappa shape index (κ1) is 15.1. The minimum Gasteiger partial charge on any atom is -0.481 e. The van der Waals surface area contributed by atoms with Crippen molar-refractivity contribution in [2.45, 2.75) is 12.6 Å². The van der Waals surface area contributed by atoms with E-state index in [0.29, 0.717) is 22.6 Å². The molecule has 3 aromatic rings.